The van der Waals surface area contributed by atoms with Crippen LogP contribution in [0, 0.1) is 0 Å². The monoisotopic (exact) mass is 322 g/mol. The molecular weight excluding hydrogens is 312 g/mol. The zero-order valence-electron chi connectivity index (χ0n) is 10.6. The minimum Gasteiger partial charge on any atom is -0.464 e. The maximum Gasteiger partial charge on any atom is 0.135 e. The number of fused-ring (bicyclic) bond motifs is 2. The Bertz CT molecular complexity index is 907. The number of rotatable bonds is 1. The van der Waals surface area contributed by atoms with Crippen LogP contribution in [0.1, 0.15) is 0 Å². The van der Waals surface area contributed by atoms with Gasteiger partial charge in [-0.15, -0.1) is 0 Å². The van der Waals surface area contributed by atoms with Gasteiger partial charge in [0.1, 0.15) is 5.58 Å². The van der Waals surface area contributed by atoms with Gasteiger partial charge < -0.3 is 4.42 Å². The third kappa shape index (κ3) is 1.84. The average molecular weight is 323 g/mol. The highest BCUT2D eigenvalue weighted by Crippen LogP contribution is 2.34. The molecule has 0 N–H and O–H groups in total. The van der Waals surface area contributed by atoms with Crippen molar-refractivity contribution in [3.63, 3.8) is 0 Å². The lowest BCUT2D eigenvalue weighted by molar-refractivity contribution is 0.617. The quantitative estimate of drug-likeness (QED) is 0.418. The number of furan rings is 1. The molecule has 1 aromatic heterocycles. The SMILES string of the molecule is Brc1ccc2cc3occ(-c4ccccc4)c3cc2c1. The van der Waals surface area contributed by atoms with Crippen molar-refractivity contribution in [2.24, 2.45) is 0 Å². The van der Waals surface area contributed by atoms with Crippen molar-refractivity contribution in [3.05, 3.63) is 71.4 Å². The Labute approximate surface area is 125 Å². The van der Waals surface area contributed by atoms with Gasteiger partial charge in [0, 0.05) is 15.4 Å². The van der Waals surface area contributed by atoms with Crippen LogP contribution in [0.25, 0.3) is 32.9 Å². The molecular formula is C18H11BrO. The molecule has 0 saturated heterocycles. The van der Waals surface area contributed by atoms with Gasteiger partial charge in [0.2, 0.25) is 0 Å². The molecule has 0 aliphatic rings. The van der Waals surface area contributed by atoms with Crippen molar-refractivity contribution in [1.29, 1.82) is 0 Å². The van der Waals surface area contributed by atoms with E-state index in [4.69, 9.17) is 4.42 Å². The van der Waals surface area contributed by atoms with Crippen LogP contribution in [0.2, 0.25) is 0 Å². The second-order valence-corrected chi connectivity index (χ2v) is 5.77. The van der Waals surface area contributed by atoms with E-state index in [1.54, 1.807) is 0 Å². The van der Waals surface area contributed by atoms with Crippen molar-refractivity contribution >= 4 is 37.7 Å². The third-order valence-electron chi connectivity index (χ3n) is 3.58. The van der Waals surface area contributed by atoms with Gasteiger partial charge in [0.05, 0.1) is 6.26 Å². The lowest BCUT2D eigenvalue weighted by Crippen LogP contribution is -1.76. The maximum atomic E-state index is 5.73. The fraction of sp³-hybridized carbons (Fsp3) is 0. The molecule has 4 aromatic rings. The summed E-state index contributed by atoms with van der Waals surface area (Å²) < 4.78 is 6.82. The fourth-order valence-corrected chi connectivity index (χ4v) is 2.96. The summed E-state index contributed by atoms with van der Waals surface area (Å²) in [6, 6.07) is 20.9. The molecule has 0 spiro atoms. The van der Waals surface area contributed by atoms with E-state index < -0.39 is 0 Å². The highest BCUT2D eigenvalue weighted by atomic mass is 79.9. The summed E-state index contributed by atoms with van der Waals surface area (Å²) in [5.41, 5.74) is 3.25. The third-order valence-corrected chi connectivity index (χ3v) is 4.07. The van der Waals surface area contributed by atoms with Gasteiger partial charge in [0.25, 0.3) is 0 Å². The standard InChI is InChI=1S/C18H11BrO/c19-15-7-6-13-10-18-16(9-14(13)8-15)17(11-20-18)12-4-2-1-3-5-12/h1-11H. The van der Waals surface area contributed by atoms with Crippen LogP contribution >= 0.6 is 15.9 Å². The summed E-state index contributed by atoms with van der Waals surface area (Å²) in [7, 11) is 0. The summed E-state index contributed by atoms with van der Waals surface area (Å²) in [5, 5.41) is 3.56. The number of benzene rings is 3. The molecule has 0 aliphatic carbocycles. The Kier molecular flexibility index (Phi) is 2.64. The fourth-order valence-electron chi connectivity index (χ4n) is 2.58. The number of hydrogen-bond donors (Lipinski definition) is 0. The van der Waals surface area contributed by atoms with Crippen molar-refractivity contribution < 1.29 is 4.42 Å². The second kappa shape index (κ2) is 4.50. The Hall–Kier alpha value is -2.06. The van der Waals surface area contributed by atoms with E-state index in [2.05, 4.69) is 58.4 Å². The molecule has 4 rings (SSSR count). The number of hydrogen-bond acceptors (Lipinski definition) is 1. The van der Waals surface area contributed by atoms with Crippen molar-refractivity contribution in [2.75, 3.05) is 0 Å². The molecule has 0 unspecified atom stereocenters. The molecule has 0 radical (unpaired) electrons. The van der Waals surface area contributed by atoms with Crippen LogP contribution in [-0.4, -0.2) is 0 Å². The van der Waals surface area contributed by atoms with Gasteiger partial charge in [-0.2, -0.15) is 0 Å². The van der Waals surface area contributed by atoms with E-state index in [-0.39, 0.29) is 0 Å². The van der Waals surface area contributed by atoms with Gasteiger partial charge in [-0.3, -0.25) is 0 Å². The zero-order chi connectivity index (χ0) is 13.5. The molecule has 1 nitrogen and oxygen atoms in total. The largest absolute Gasteiger partial charge is 0.464 e. The van der Waals surface area contributed by atoms with Gasteiger partial charge >= 0.3 is 0 Å². The first kappa shape index (κ1) is 11.7. The van der Waals surface area contributed by atoms with Gasteiger partial charge in [-0.1, -0.05) is 52.3 Å². The molecule has 2 heteroatoms. The average Bonchev–Trinajstić information content (AvgIpc) is 2.88. The minimum atomic E-state index is 0.929. The molecule has 0 fully saturated rings. The Morgan fingerprint density at radius 3 is 2.50 bits per heavy atom. The van der Waals surface area contributed by atoms with Crippen LogP contribution in [-0.2, 0) is 0 Å². The van der Waals surface area contributed by atoms with Crippen LogP contribution in [0.5, 0.6) is 0 Å². The highest BCUT2D eigenvalue weighted by Gasteiger charge is 2.09. The van der Waals surface area contributed by atoms with Gasteiger partial charge in [-0.05, 0) is 40.6 Å². The van der Waals surface area contributed by atoms with Crippen LogP contribution in [0.15, 0.2) is 75.8 Å². The topological polar surface area (TPSA) is 13.1 Å². The Morgan fingerprint density at radius 2 is 1.65 bits per heavy atom. The van der Waals surface area contributed by atoms with Crippen molar-refractivity contribution in [2.45, 2.75) is 0 Å². The van der Waals surface area contributed by atoms with E-state index in [0.29, 0.717) is 0 Å². The minimum absolute atomic E-state index is 0.929. The molecule has 3 aromatic carbocycles. The summed E-state index contributed by atoms with van der Waals surface area (Å²) in [4.78, 5) is 0. The van der Waals surface area contributed by atoms with Gasteiger partial charge in [-0.25, -0.2) is 0 Å². The van der Waals surface area contributed by atoms with E-state index in [1.807, 2.05) is 24.5 Å². The van der Waals surface area contributed by atoms with Crippen LogP contribution in [0.4, 0.5) is 0 Å². The van der Waals surface area contributed by atoms with E-state index >= 15 is 0 Å². The number of halogens is 1. The van der Waals surface area contributed by atoms with E-state index in [0.717, 1.165) is 21.0 Å². The maximum absolute atomic E-state index is 5.73. The molecule has 96 valence electrons. The summed E-state index contributed by atoms with van der Waals surface area (Å²) in [5.74, 6) is 0. The van der Waals surface area contributed by atoms with Crippen LogP contribution < -0.4 is 0 Å². The van der Waals surface area contributed by atoms with E-state index in [1.165, 1.54) is 16.3 Å². The lowest BCUT2D eigenvalue weighted by atomic mass is 10.0. The molecule has 1 heterocycles. The van der Waals surface area contributed by atoms with Crippen molar-refractivity contribution in [3.8, 4) is 11.1 Å². The molecule has 0 aliphatic heterocycles. The van der Waals surface area contributed by atoms with Crippen molar-refractivity contribution in [1.82, 2.24) is 0 Å². The normalized spacial score (nSPS) is 11.2. The summed E-state index contributed by atoms with van der Waals surface area (Å²) >= 11 is 3.53. The van der Waals surface area contributed by atoms with Gasteiger partial charge in [0.15, 0.2) is 0 Å². The first-order chi connectivity index (χ1) is 9.81. The first-order valence-corrected chi connectivity index (χ1v) is 7.26. The molecule has 0 saturated carbocycles. The summed E-state index contributed by atoms with van der Waals surface area (Å²) in [6.45, 7) is 0. The van der Waals surface area contributed by atoms with Crippen LogP contribution in [0.3, 0.4) is 0 Å². The first-order valence-electron chi connectivity index (χ1n) is 6.47. The molecule has 0 bridgehead atoms. The molecule has 0 atom stereocenters. The zero-order valence-corrected chi connectivity index (χ0v) is 12.2. The highest BCUT2D eigenvalue weighted by molar-refractivity contribution is 9.10. The van der Waals surface area contributed by atoms with E-state index in [9.17, 15) is 0 Å². The smallest absolute Gasteiger partial charge is 0.135 e. The predicted molar refractivity (Wildman–Crippen MR) is 86.9 cm³/mol. The Morgan fingerprint density at radius 1 is 0.800 bits per heavy atom. The predicted octanol–water partition coefficient (Wildman–Crippen LogP) is 6.02. The molecule has 20 heavy (non-hydrogen) atoms. The molecule has 0 amide bonds. The lowest BCUT2D eigenvalue weighted by Gasteiger charge is -2.01. The Balaban J connectivity index is 2.04. The summed E-state index contributed by atoms with van der Waals surface area (Å²) in [6.07, 6.45) is 1.84. The second-order valence-electron chi connectivity index (χ2n) is 4.86.